The summed E-state index contributed by atoms with van der Waals surface area (Å²) in [6, 6.07) is 2.23. The largest absolute Gasteiger partial charge is 0.493 e. The smallest absolute Gasteiger partial charge is 0.165 e. The molecule has 1 aromatic carbocycles. The molecule has 3 nitrogen and oxygen atoms in total. The van der Waals surface area contributed by atoms with Crippen molar-refractivity contribution in [3.8, 4) is 5.75 Å². The highest BCUT2D eigenvalue weighted by Gasteiger charge is 2.71. The molecule has 0 aromatic heterocycles. The molecular weight excluding hydrogens is 254 g/mol. The quantitative estimate of drug-likeness (QED) is 0.845. The average Bonchev–Trinajstić information content (AvgIpc) is 2.83. The minimum atomic E-state index is -0.539. The van der Waals surface area contributed by atoms with Gasteiger partial charge in [-0.2, -0.15) is 0 Å². The maximum absolute atomic E-state index is 14.1. The number of methoxy groups -OCH3 is 2. The second-order valence-electron chi connectivity index (χ2n) is 5.33. The summed E-state index contributed by atoms with van der Waals surface area (Å²) in [5.41, 5.74) is -0.00299. The van der Waals surface area contributed by atoms with E-state index in [1.54, 1.807) is 7.11 Å². The second kappa shape index (κ2) is 4.15. The fourth-order valence-electron chi connectivity index (χ4n) is 3.47. The Morgan fingerprint density at radius 3 is 2.58 bits per heavy atom. The van der Waals surface area contributed by atoms with Gasteiger partial charge < -0.3 is 14.2 Å². The van der Waals surface area contributed by atoms with Gasteiger partial charge in [0.1, 0.15) is 5.82 Å². The lowest BCUT2D eigenvalue weighted by atomic mass is 9.99. The van der Waals surface area contributed by atoms with E-state index in [2.05, 4.69) is 0 Å². The molecule has 1 heterocycles. The van der Waals surface area contributed by atoms with Crippen LogP contribution in [0.25, 0.3) is 0 Å². The lowest BCUT2D eigenvalue weighted by Crippen LogP contribution is -2.23. The van der Waals surface area contributed by atoms with Crippen molar-refractivity contribution in [2.45, 2.75) is 19.1 Å². The zero-order chi connectivity index (χ0) is 13.8. The molecule has 4 atom stereocenters. The SMILES string of the molecule is COc1c(F)ccc(F)c1[C@H]1[C@H]2COC(OC)C21C. The fraction of sp³-hybridized carbons (Fsp3) is 0.571. The Morgan fingerprint density at radius 1 is 1.26 bits per heavy atom. The van der Waals surface area contributed by atoms with Crippen molar-refractivity contribution in [2.75, 3.05) is 20.8 Å². The summed E-state index contributed by atoms with van der Waals surface area (Å²) < 4.78 is 43.6. The van der Waals surface area contributed by atoms with Crippen LogP contribution in [0.4, 0.5) is 8.78 Å². The number of benzene rings is 1. The van der Waals surface area contributed by atoms with Gasteiger partial charge in [0, 0.05) is 29.9 Å². The molecule has 0 spiro atoms. The number of rotatable bonds is 3. The first kappa shape index (κ1) is 12.8. The number of fused-ring (bicyclic) bond motifs is 1. The molecule has 1 aliphatic heterocycles. The molecule has 2 aliphatic rings. The molecule has 3 rings (SSSR count). The standard InChI is InChI=1S/C14H16F2O3/c1-14-7(6-19-13(14)18-3)11(14)10-8(15)4-5-9(16)12(10)17-2/h4-5,7,11,13H,6H2,1-3H3/t7-,11-,13?,14?/m1/s1. The summed E-state index contributed by atoms with van der Waals surface area (Å²) in [6.45, 7) is 2.48. The number of hydrogen-bond donors (Lipinski definition) is 0. The van der Waals surface area contributed by atoms with Crippen LogP contribution in [0.5, 0.6) is 5.75 Å². The molecule has 2 fully saturated rings. The number of hydrogen-bond acceptors (Lipinski definition) is 3. The maximum atomic E-state index is 14.1. The predicted molar refractivity (Wildman–Crippen MR) is 64.0 cm³/mol. The van der Waals surface area contributed by atoms with Gasteiger partial charge in [0.25, 0.3) is 0 Å². The van der Waals surface area contributed by atoms with Gasteiger partial charge in [-0.3, -0.25) is 0 Å². The summed E-state index contributed by atoms with van der Waals surface area (Å²) in [6.07, 6.45) is -0.380. The van der Waals surface area contributed by atoms with Gasteiger partial charge in [-0.05, 0) is 12.1 Å². The van der Waals surface area contributed by atoms with E-state index in [1.165, 1.54) is 7.11 Å². The highest BCUT2D eigenvalue weighted by atomic mass is 19.1. The van der Waals surface area contributed by atoms with E-state index in [0.717, 1.165) is 12.1 Å². The molecule has 104 valence electrons. The van der Waals surface area contributed by atoms with Crippen LogP contribution in [0, 0.1) is 23.0 Å². The third-order valence-corrected chi connectivity index (χ3v) is 4.52. The Balaban J connectivity index is 2.04. The molecule has 0 N–H and O–H groups in total. The van der Waals surface area contributed by atoms with E-state index >= 15 is 0 Å². The van der Waals surface area contributed by atoms with Crippen molar-refractivity contribution in [3.05, 3.63) is 29.3 Å². The number of ether oxygens (including phenoxy) is 3. The van der Waals surface area contributed by atoms with Crippen LogP contribution in [0.15, 0.2) is 12.1 Å². The van der Waals surface area contributed by atoms with Crippen LogP contribution >= 0.6 is 0 Å². The van der Waals surface area contributed by atoms with Crippen molar-refractivity contribution >= 4 is 0 Å². The molecule has 0 radical (unpaired) electrons. The van der Waals surface area contributed by atoms with Gasteiger partial charge in [0.2, 0.25) is 0 Å². The van der Waals surface area contributed by atoms with E-state index in [1.807, 2.05) is 6.92 Å². The summed E-state index contributed by atoms with van der Waals surface area (Å²) in [7, 11) is 2.92. The second-order valence-corrected chi connectivity index (χ2v) is 5.33. The minimum Gasteiger partial charge on any atom is -0.493 e. The highest BCUT2D eigenvalue weighted by molar-refractivity contribution is 5.46. The molecule has 0 bridgehead atoms. The van der Waals surface area contributed by atoms with Crippen molar-refractivity contribution in [2.24, 2.45) is 11.3 Å². The molecule has 1 aromatic rings. The third-order valence-electron chi connectivity index (χ3n) is 4.52. The molecule has 19 heavy (non-hydrogen) atoms. The Bertz CT molecular complexity index is 520. The third kappa shape index (κ3) is 1.55. The first-order valence-corrected chi connectivity index (χ1v) is 6.22. The number of halogens is 2. The maximum Gasteiger partial charge on any atom is 0.165 e. The molecular formula is C14H16F2O3. The lowest BCUT2D eigenvalue weighted by Gasteiger charge is -2.21. The van der Waals surface area contributed by atoms with Crippen LogP contribution < -0.4 is 4.74 Å². The van der Waals surface area contributed by atoms with Gasteiger partial charge in [0.05, 0.1) is 13.7 Å². The van der Waals surface area contributed by atoms with Crippen LogP contribution in [0.2, 0.25) is 0 Å². The van der Waals surface area contributed by atoms with E-state index in [-0.39, 0.29) is 29.3 Å². The lowest BCUT2D eigenvalue weighted by molar-refractivity contribution is -0.132. The van der Waals surface area contributed by atoms with Crippen LogP contribution in [-0.4, -0.2) is 27.1 Å². The first-order valence-electron chi connectivity index (χ1n) is 6.22. The monoisotopic (exact) mass is 270 g/mol. The molecule has 2 unspecified atom stereocenters. The van der Waals surface area contributed by atoms with Gasteiger partial charge in [-0.25, -0.2) is 8.78 Å². The van der Waals surface area contributed by atoms with E-state index in [4.69, 9.17) is 14.2 Å². The minimum absolute atomic E-state index is 0.00419. The normalized spacial score (nSPS) is 36.2. The van der Waals surface area contributed by atoms with Crippen molar-refractivity contribution in [1.82, 2.24) is 0 Å². The van der Waals surface area contributed by atoms with Crippen LogP contribution in [0.1, 0.15) is 18.4 Å². The van der Waals surface area contributed by atoms with E-state index in [9.17, 15) is 8.78 Å². The van der Waals surface area contributed by atoms with Gasteiger partial charge in [-0.15, -0.1) is 0 Å². The van der Waals surface area contributed by atoms with Crippen molar-refractivity contribution in [3.63, 3.8) is 0 Å². The summed E-state index contributed by atoms with van der Waals surface area (Å²) in [5.74, 6) is -0.967. The van der Waals surface area contributed by atoms with Crippen LogP contribution in [-0.2, 0) is 9.47 Å². The molecule has 1 saturated carbocycles. The van der Waals surface area contributed by atoms with Crippen LogP contribution in [0.3, 0.4) is 0 Å². The Morgan fingerprint density at radius 2 is 1.95 bits per heavy atom. The summed E-state index contributed by atoms with van der Waals surface area (Å²) in [5, 5.41) is 0. The zero-order valence-electron chi connectivity index (χ0n) is 11.1. The Labute approximate surface area is 110 Å². The van der Waals surface area contributed by atoms with Gasteiger partial charge in [-0.1, -0.05) is 6.92 Å². The Kier molecular flexibility index (Phi) is 2.80. The first-order chi connectivity index (χ1) is 9.05. The summed E-state index contributed by atoms with van der Waals surface area (Å²) >= 11 is 0. The van der Waals surface area contributed by atoms with Gasteiger partial charge >= 0.3 is 0 Å². The fourth-order valence-corrected chi connectivity index (χ4v) is 3.47. The van der Waals surface area contributed by atoms with Crippen molar-refractivity contribution < 1.29 is 23.0 Å². The topological polar surface area (TPSA) is 27.7 Å². The van der Waals surface area contributed by atoms with Crippen molar-refractivity contribution in [1.29, 1.82) is 0 Å². The van der Waals surface area contributed by atoms with Gasteiger partial charge in [0.15, 0.2) is 17.9 Å². The average molecular weight is 270 g/mol. The molecule has 1 aliphatic carbocycles. The molecule has 5 heteroatoms. The Hall–Kier alpha value is -1.20. The molecule has 0 amide bonds. The van der Waals surface area contributed by atoms with E-state index < -0.39 is 11.6 Å². The predicted octanol–water partition coefficient (Wildman–Crippen LogP) is 2.70. The zero-order valence-corrected chi connectivity index (χ0v) is 11.1. The highest BCUT2D eigenvalue weighted by Crippen LogP contribution is 2.72. The molecule has 1 saturated heterocycles. The van der Waals surface area contributed by atoms with E-state index in [0.29, 0.717) is 12.2 Å². The summed E-state index contributed by atoms with van der Waals surface area (Å²) in [4.78, 5) is 0.